The first-order valence-corrected chi connectivity index (χ1v) is 6.07. The lowest BCUT2D eigenvalue weighted by molar-refractivity contribution is -0.679. The molecule has 0 N–H and O–H groups in total. The van der Waals surface area contributed by atoms with Crippen LogP contribution in [0.1, 0.15) is 21.1 Å². The number of Topliss-reactive ketones (excluding diaryl/α,β-unsaturated/α-hetero) is 1. The Kier molecular flexibility index (Phi) is 4.85. The van der Waals surface area contributed by atoms with Crippen LogP contribution in [0.4, 0.5) is 0 Å². The molecule has 4 heteroatoms. The molecule has 2 aromatic rings. The lowest BCUT2D eigenvalue weighted by Crippen LogP contribution is -3.00. The highest BCUT2D eigenvalue weighted by Gasteiger charge is 2.16. The van der Waals surface area contributed by atoms with Crippen LogP contribution in [0.5, 0.6) is 0 Å². The number of halogens is 1. The van der Waals surface area contributed by atoms with Gasteiger partial charge in [-0.05, 0) is 0 Å². The van der Waals surface area contributed by atoms with E-state index in [4.69, 9.17) is 0 Å². The van der Waals surface area contributed by atoms with Crippen LogP contribution in [0.3, 0.4) is 0 Å². The molecule has 1 aromatic carbocycles. The summed E-state index contributed by atoms with van der Waals surface area (Å²) in [7, 11) is 2.00. The van der Waals surface area contributed by atoms with Crippen molar-refractivity contribution < 1.29 is 21.8 Å². The maximum absolute atomic E-state index is 12.0. The molecule has 90 valence electrons. The number of carbonyl (C=O) groups is 1. The molecule has 0 fully saturated rings. The first kappa shape index (κ1) is 13.9. The minimum Gasteiger partial charge on any atom is -1.00 e. The van der Waals surface area contributed by atoms with Gasteiger partial charge in [0.2, 0.25) is 5.01 Å². The zero-order chi connectivity index (χ0) is 11.5. The van der Waals surface area contributed by atoms with Crippen molar-refractivity contribution in [2.75, 3.05) is 0 Å². The Labute approximate surface area is 111 Å². The number of thiazole rings is 1. The average molecular weight is 268 g/mol. The Hall–Kier alpha value is -1.19. The van der Waals surface area contributed by atoms with Crippen LogP contribution < -0.4 is 17.0 Å². The van der Waals surface area contributed by atoms with E-state index in [9.17, 15) is 4.79 Å². The molecule has 2 nitrogen and oxygen atoms in total. The number of rotatable bonds is 3. The zero-order valence-corrected chi connectivity index (χ0v) is 11.4. The van der Waals surface area contributed by atoms with Crippen LogP contribution in [-0.2, 0) is 13.5 Å². The summed E-state index contributed by atoms with van der Waals surface area (Å²) in [6.07, 6.45) is 0.477. The highest BCUT2D eigenvalue weighted by atomic mass is 35.5. The van der Waals surface area contributed by atoms with Crippen LogP contribution in [0.15, 0.2) is 35.7 Å². The van der Waals surface area contributed by atoms with Crippen LogP contribution in [0.25, 0.3) is 0 Å². The van der Waals surface area contributed by atoms with Crippen LogP contribution in [0.2, 0.25) is 0 Å². The van der Waals surface area contributed by atoms with Crippen molar-refractivity contribution in [1.82, 2.24) is 0 Å². The van der Waals surface area contributed by atoms with Crippen molar-refractivity contribution in [1.29, 1.82) is 0 Å². The molecule has 0 unspecified atom stereocenters. The Morgan fingerprint density at radius 1 is 1.29 bits per heavy atom. The van der Waals surface area contributed by atoms with Crippen molar-refractivity contribution in [3.63, 3.8) is 0 Å². The Morgan fingerprint density at radius 3 is 2.47 bits per heavy atom. The number of nitrogens with zero attached hydrogens (tertiary/aromatic N) is 1. The van der Waals surface area contributed by atoms with Gasteiger partial charge in [0.05, 0.1) is 11.8 Å². The minimum absolute atomic E-state index is 0. The summed E-state index contributed by atoms with van der Waals surface area (Å²) >= 11 is 1.68. The van der Waals surface area contributed by atoms with Gasteiger partial charge in [0.1, 0.15) is 7.05 Å². The van der Waals surface area contributed by atoms with E-state index in [2.05, 4.69) is 16.9 Å². The van der Waals surface area contributed by atoms with Crippen molar-refractivity contribution >= 4 is 17.1 Å². The molecule has 0 saturated carbocycles. The molecule has 17 heavy (non-hydrogen) atoms. The van der Waals surface area contributed by atoms with Gasteiger partial charge in [0, 0.05) is 12.5 Å². The molecular formula is C13H14ClNOS. The number of carbonyl (C=O) groups excluding carboxylic acids is 1. The summed E-state index contributed by atoms with van der Waals surface area (Å²) in [5.74, 6) is 0.175. The van der Waals surface area contributed by atoms with Gasteiger partial charge < -0.3 is 12.4 Å². The molecule has 0 aliphatic carbocycles. The highest BCUT2D eigenvalue weighted by Crippen LogP contribution is 2.09. The first-order chi connectivity index (χ1) is 7.68. The minimum atomic E-state index is 0. The summed E-state index contributed by atoms with van der Waals surface area (Å²) in [6.45, 7) is 2.06. The molecule has 2 rings (SSSR count). The predicted octanol–water partition coefficient (Wildman–Crippen LogP) is -0.690. The molecule has 0 saturated heterocycles. The molecule has 1 aromatic heterocycles. The van der Waals surface area contributed by atoms with E-state index in [0.717, 1.165) is 11.3 Å². The van der Waals surface area contributed by atoms with E-state index in [-0.39, 0.29) is 18.2 Å². The summed E-state index contributed by atoms with van der Waals surface area (Å²) in [4.78, 5) is 12.0. The molecule has 0 amide bonds. The molecule has 0 aliphatic rings. The maximum atomic E-state index is 12.0. The van der Waals surface area contributed by atoms with Gasteiger partial charge in [-0.25, -0.2) is 0 Å². The van der Waals surface area contributed by atoms with Crippen LogP contribution >= 0.6 is 11.3 Å². The number of hydrogen-bond donors (Lipinski definition) is 0. The number of benzene rings is 1. The van der Waals surface area contributed by atoms with Gasteiger partial charge in [-0.3, -0.25) is 4.79 Å². The van der Waals surface area contributed by atoms with Crippen molar-refractivity contribution in [2.45, 2.75) is 13.3 Å². The lowest BCUT2D eigenvalue weighted by Gasteiger charge is -1.97. The maximum Gasteiger partial charge on any atom is 0.234 e. The molecular weight excluding hydrogens is 254 g/mol. The Morgan fingerprint density at radius 2 is 1.94 bits per heavy atom. The van der Waals surface area contributed by atoms with E-state index in [1.807, 2.05) is 37.4 Å². The molecule has 0 bridgehead atoms. The Bertz CT molecular complexity index is 507. The van der Waals surface area contributed by atoms with Gasteiger partial charge in [0.15, 0.2) is 11.5 Å². The van der Waals surface area contributed by atoms with Gasteiger partial charge in [-0.1, -0.05) is 41.7 Å². The summed E-state index contributed by atoms with van der Waals surface area (Å²) in [5, 5.41) is 3.27. The number of ketones is 1. The summed E-state index contributed by atoms with van der Waals surface area (Å²) in [6, 6.07) is 9.44. The van der Waals surface area contributed by atoms with Crippen molar-refractivity contribution in [3.05, 3.63) is 52.0 Å². The SMILES string of the molecule is Cc1scc(CC(=O)c2ccccc2)[n+]1C.[Cl-]. The van der Waals surface area contributed by atoms with Crippen LogP contribution in [-0.4, -0.2) is 5.78 Å². The quantitative estimate of drug-likeness (QED) is 0.533. The molecule has 0 atom stereocenters. The smallest absolute Gasteiger partial charge is 0.234 e. The normalized spacial score (nSPS) is 9.76. The third kappa shape index (κ3) is 3.14. The van der Waals surface area contributed by atoms with E-state index >= 15 is 0 Å². The fourth-order valence-electron chi connectivity index (χ4n) is 1.56. The second-order valence-electron chi connectivity index (χ2n) is 3.77. The van der Waals surface area contributed by atoms with E-state index in [1.54, 1.807) is 11.3 Å². The Balaban J connectivity index is 0.00000144. The summed E-state index contributed by atoms with van der Waals surface area (Å²) in [5.41, 5.74) is 1.86. The van der Waals surface area contributed by atoms with Gasteiger partial charge >= 0.3 is 0 Å². The monoisotopic (exact) mass is 267 g/mol. The summed E-state index contributed by atoms with van der Waals surface area (Å²) < 4.78 is 2.07. The van der Waals surface area contributed by atoms with Crippen molar-refractivity contribution in [2.24, 2.45) is 7.05 Å². The lowest BCUT2D eigenvalue weighted by atomic mass is 10.1. The molecule has 0 aliphatic heterocycles. The number of aryl methyl sites for hydroxylation is 1. The third-order valence-electron chi connectivity index (χ3n) is 2.71. The number of aromatic nitrogens is 1. The fraction of sp³-hybridized carbons (Fsp3) is 0.231. The largest absolute Gasteiger partial charge is 1.00 e. The van der Waals surface area contributed by atoms with Crippen LogP contribution in [0, 0.1) is 6.92 Å². The van der Waals surface area contributed by atoms with Gasteiger partial charge in [-0.15, -0.1) is 0 Å². The fourth-order valence-corrected chi connectivity index (χ4v) is 2.39. The average Bonchev–Trinajstić information content (AvgIpc) is 2.62. The number of hydrogen-bond acceptors (Lipinski definition) is 2. The van der Waals surface area contributed by atoms with E-state index in [0.29, 0.717) is 6.42 Å². The molecule has 0 spiro atoms. The van der Waals surface area contributed by atoms with E-state index < -0.39 is 0 Å². The zero-order valence-electron chi connectivity index (χ0n) is 9.81. The standard InChI is InChI=1S/C13H14NOS.ClH/c1-10-14(2)12(9-16-10)8-13(15)11-6-4-3-5-7-11;/h3-7,9H,8H2,1-2H3;1H/q+1;/p-1. The topological polar surface area (TPSA) is 20.9 Å². The molecule has 1 heterocycles. The van der Waals surface area contributed by atoms with Gasteiger partial charge in [-0.2, -0.15) is 4.57 Å². The second kappa shape index (κ2) is 5.94. The third-order valence-corrected chi connectivity index (χ3v) is 3.71. The molecule has 0 radical (unpaired) electrons. The van der Waals surface area contributed by atoms with Crippen molar-refractivity contribution in [3.8, 4) is 0 Å². The predicted molar refractivity (Wildman–Crippen MR) is 64.7 cm³/mol. The highest BCUT2D eigenvalue weighted by molar-refractivity contribution is 7.09. The van der Waals surface area contributed by atoms with Gasteiger partial charge in [0.25, 0.3) is 0 Å². The second-order valence-corrected chi connectivity index (χ2v) is 4.83. The van der Waals surface area contributed by atoms with E-state index in [1.165, 1.54) is 5.01 Å². The first-order valence-electron chi connectivity index (χ1n) is 5.19.